The molecule has 0 amide bonds. The average Bonchev–Trinajstić information content (AvgIpc) is 2.34. The summed E-state index contributed by atoms with van der Waals surface area (Å²) in [5, 5.41) is 3.59. The minimum absolute atomic E-state index is 0.111. The summed E-state index contributed by atoms with van der Waals surface area (Å²) in [6, 6.07) is 0. The topological polar surface area (TPSA) is 63.8 Å². The van der Waals surface area contributed by atoms with Crippen molar-refractivity contribution in [1.82, 2.24) is 9.97 Å². The number of nitrogens with zero attached hydrogens (tertiary/aromatic N) is 2. The summed E-state index contributed by atoms with van der Waals surface area (Å²) >= 11 is 0. The summed E-state index contributed by atoms with van der Waals surface area (Å²) < 4.78 is 0. The highest BCUT2D eigenvalue weighted by molar-refractivity contribution is 5.49. The molecule has 1 fully saturated rings. The molecule has 0 unspecified atom stereocenters. The van der Waals surface area contributed by atoms with E-state index in [4.69, 9.17) is 5.73 Å². The minimum atomic E-state index is 0.111. The van der Waals surface area contributed by atoms with Crippen molar-refractivity contribution < 1.29 is 0 Å². The molecule has 0 saturated heterocycles. The molecule has 92 valence electrons. The highest BCUT2D eigenvalue weighted by Gasteiger charge is 2.36. The van der Waals surface area contributed by atoms with Gasteiger partial charge in [-0.05, 0) is 44.9 Å². The normalized spacial score (nSPS) is 21.5. The van der Waals surface area contributed by atoms with Gasteiger partial charge in [0.2, 0.25) is 0 Å². The lowest BCUT2D eigenvalue weighted by Crippen LogP contribution is -2.51. The number of anilines is 1. The first-order chi connectivity index (χ1) is 8.33. The number of nitrogens with one attached hydrogen (secondary N) is 1. The van der Waals surface area contributed by atoms with Crippen LogP contribution < -0.4 is 11.1 Å². The molecule has 0 atom stereocenters. The lowest BCUT2D eigenvalue weighted by molar-refractivity contribution is 0.286. The summed E-state index contributed by atoms with van der Waals surface area (Å²) in [5.74, 6) is 1.04. The van der Waals surface area contributed by atoms with Crippen LogP contribution in [0.15, 0.2) is 6.33 Å². The van der Waals surface area contributed by atoms with Gasteiger partial charge in [0.1, 0.15) is 12.1 Å². The van der Waals surface area contributed by atoms with E-state index in [0.717, 1.165) is 18.7 Å². The molecule has 4 heteroatoms. The molecule has 2 aliphatic rings. The average molecular weight is 232 g/mol. The van der Waals surface area contributed by atoms with E-state index in [2.05, 4.69) is 15.3 Å². The fraction of sp³-hybridized carbons (Fsp3) is 0.692. The molecule has 1 aromatic heterocycles. The summed E-state index contributed by atoms with van der Waals surface area (Å²) in [7, 11) is 0. The van der Waals surface area contributed by atoms with E-state index in [-0.39, 0.29) is 5.54 Å². The lowest BCUT2D eigenvalue weighted by atomic mass is 9.76. The van der Waals surface area contributed by atoms with Crippen molar-refractivity contribution in [3.63, 3.8) is 0 Å². The molecule has 3 rings (SSSR count). The van der Waals surface area contributed by atoms with Gasteiger partial charge in [-0.25, -0.2) is 9.97 Å². The zero-order valence-corrected chi connectivity index (χ0v) is 10.2. The van der Waals surface area contributed by atoms with Gasteiger partial charge in [-0.2, -0.15) is 0 Å². The third-order valence-corrected chi connectivity index (χ3v) is 4.21. The Bertz CT molecular complexity index is 406. The second-order valence-corrected chi connectivity index (χ2v) is 5.32. The van der Waals surface area contributed by atoms with Gasteiger partial charge in [0.25, 0.3) is 0 Å². The first kappa shape index (κ1) is 11.0. The Morgan fingerprint density at radius 3 is 2.71 bits per heavy atom. The van der Waals surface area contributed by atoms with Crippen molar-refractivity contribution in [3.8, 4) is 0 Å². The van der Waals surface area contributed by atoms with Crippen LogP contribution in [0, 0.1) is 0 Å². The van der Waals surface area contributed by atoms with Crippen LogP contribution in [0.25, 0.3) is 0 Å². The third-order valence-electron chi connectivity index (χ3n) is 4.21. The Morgan fingerprint density at radius 2 is 2.00 bits per heavy atom. The number of aromatic nitrogens is 2. The molecule has 0 aliphatic heterocycles. The monoisotopic (exact) mass is 232 g/mol. The molecule has 1 saturated carbocycles. The van der Waals surface area contributed by atoms with E-state index >= 15 is 0 Å². The SMILES string of the molecule is NCC1(Nc2ncnc3c2CCCC3)CCC1. The van der Waals surface area contributed by atoms with Crippen LogP contribution >= 0.6 is 0 Å². The number of hydrogen-bond acceptors (Lipinski definition) is 4. The van der Waals surface area contributed by atoms with Crippen molar-refractivity contribution in [2.24, 2.45) is 5.73 Å². The quantitative estimate of drug-likeness (QED) is 0.831. The van der Waals surface area contributed by atoms with E-state index in [1.807, 2.05) is 0 Å². The largest absolute Gasteiger partial charge is 0.363 e. The Balaban J connectivity index is 1.87. The summed E-state index contributed by atoms with van der Waals surface area (Å²) in [6.45, 7) is 0.700. The summed E-state index contributed by atoms with van der Waals surface area (Å²) in [4.78, 5) is 8.83. The maximum atomic E-state index is 5.89. The van der Waals surface area contributed by atoms with Crippen molar-refractivity contribution in [3.05, 3.63) is 17.6 Å². The Morgan fingerprint density at radius 1 is 1.18 bits per heavy atom. The maximum Gasteiger partial charge on any atom is 0.133 e. The van der Waals surface area contributed by atoms with Gasteiger partial charge in [0.05, 0.1) is 5.54 Å². The number of aryl methyl sites for hydroxylation is 1. The number of nitrogens with two attached hydrogens (primary N) is 1. The van der Waals surface area contributed by atoms with Gasteiger partial charge in [-0.1, -0.05) is 0 Å². The first-order valence-electron chi connectivity index (χ1n) is 6.64. The van der Waals surface area contributed by atoms with Crippen molar-refractivity contribution in [1.29, 1.82) is 0 Å². The van der Waals surface area contributed by atoms with Gasteiger partial charge in [0, 0.05) is 17.8 Å². The van der Waals surface area contributed by atoms with Crippen LogP contribution in [-0.2, 0) is 12.8 Å². The zero-order chi connectivity index (χ0) is 11.7. The number of fused-ring (bicyclic) bond motifs is 1. The van der Waals surface area contributed by atoms with Gasteiger partial charge in [0.15, 0.2) is 0 Å². The Labute approximate surface area is 102 Å². The predicted molar refractivity (Wildman–Crippen MR) is 67.9 cm³/mol. The predicted octanol–water partition coefficient (Wildman–Crippen LogP) is 1.65. The Kier molecular flexibility index (Phi) is 2.74. The second-order valence-electron chi connectivity index (χ2n) is 5.32. The van der Waals surface area contributed by atoms with Crippen LogP contribution in [0.5, 0.6) is 0 Å². The molecule has 2 aliphatic carbocycles. The van der Waals surface area contributed by atoms with E-state index in [0.29, 0.717) is 6.54 Å². The van der Waals surface area contributed by atoms with Gasteiger partial charge < -0.3 is 11.1 Å². The van der Waals surface area contributed by atoms with Crippen molar-refractivity contribution in [2.75, 3.05) is 11.9 Å². The van der Waals surface area contributed by atoms with Gasteiger partial charge in [-0.15, -0.1) is 0 Å². The third kappa shape index (κ3) is 1.90. The lowest BCUT2D eigenvalue weighted by Gasteiger charge is -2.42. The molecule has 0 aromatic carbocycles. The highest BCUT2D eigenvalue weighted by Crippen LogP contribution is 2.35. The molecule has 1 heterocycles. The van der Waals surface area contributed by atoms with Crippen LogP contribution in [0.3, 0.4) is 0 Å². The van der Waals surface area contributed by atoms with E-state index in [9.17, 15) is 0 Å². The van der Waals surface area contributed by atoms with Gasteiger partial charge in [-0.3, -0.25) is 0 Å². The smallest absolute Gasteiger partial charge is 0.133 e. The molecular weight excluding hydrogens is 212 g/mol. The molecule has 0 radical (unpaired) electrons. The number of hydrogen-bond donors (Lipinski definition) is 2. The minimum Gasteiger partial charge on any atom is -0.363 e. The second kappa shape index (κ2) is 4.26. The van der Waals surface area contributed by atoms with Crippen LogP contribution in [-0.4, -0.2) is 22.1 Å². The molecule has 3 N–H and O–H groups in total. The zero-order valence-electron chi connectivity index (χ0n) is 10.2. The maximum absolute atomic E-state index is 5.89. The number of rotatable bonds is 3. The van der Waals surface area contributed by atoms with E-state index in [1.165, 1.54) is 43.4 Å². The van der Waals surface area contributed by atoms with Crippen LogP contribution in [0.1, 0.15) is 43.4 Å². The highest BCUT2D eigenvalue weighted by atomic mass is 15.1. The standard InChI is InChI=1S/C13H20N4/c14-8-13(6-3-7-13)17-12-10-4-1-2-5-11(10)15-9-16-12/h9H,1-8,14H2,(H,15,16,17). The molecule has 1 aromatic rings. The molecule has 17 heavy (non-hydrogen) atoms. The van der Waals surface area contributed by atoms with E-state index < -0.39 is 0 Å². The summed E-state index contributed by atoms with van der Waals surface area (Å²) in [6.07, 6.45) is 10.0. The molecule has 0 spiro atoms. The van der Waals surface area contributed by atoms with Crippen LogP contribution in [0.2, 0.25) is 0 Å². The summed E-state index contributed by atoms with van der Waals surface area (Å²) in [5.41, 5.74) is 8.57. The molecule has 4 nitrogen and oxygen atoms in total. The van der Waals surface area contributed by atoms with Crippen molar-refractivity contribution >= 4 is 5.82 Å². The first-order valence-corrected chi connectivity index (χ1v) is 6.64. The fourth-order valence-electron chi connectivity index (χ4n) is 2.86. The molecule has 0 bridgehead atoms. The van der Waals surface area contributed by atoms with Crippen LogP contribution in [0.4, 0.5) is 5.82 Å². The van der Waals surface area contributed by atoms with Crippen molar-refractivity contribution in [2.45, 2.75) is 50.5 Å². The fourth-order valence-corrected chi connectivity index (χ4v) is 2.86. The Hall–Kier alpha value is -1.16. The van der Waals surface area contributed by atoms with Gasteiger partial charge >= 0.3 is 0 Å². The van der Waals surface area contributed by atoms with E-state index in [1.54, 1.807) is 6.33 Å². The molecular formula is C13H20N4.